The van der Waals surface area contributed by atoms with Crippen LogP contribution in [0.3, 0.4) is 0 Å². The Morgan fingerprint density at radius 3 is 2.50 bits per heavy atom. The fraction of sp³-hybridized carbons (Fsp3) is 0.526. The van der Waals surface area contributed by atoms with Crippen molar-refractivity contribution < 1.29 is 0 Å². The number of aromatic nitrogens is 3. The average molecular weight is 470 g/mol. The lowest BCUT2D eigenvalue weighted by Gasteiger charge is -2.27. The summed E-state index contributed by atoms with van der Waals surface area (Å²) in [6, 6.07) is 8.72. The predicted molar refractivity (Wildman–Crippen MR) is 118 cm³/mol. The van der Waals surface area contributed by atoms with Crippen molar-refractivity contribution in [3.05, 3.63) is 47.5 Å². The van der Waals surface area contributed by atoms with Crippen molar-refractivity contribution in [2.45, 2.75) is 46.1 Å². The van der Waals surface area contributed by atoms with E-state index < -0.39 is 0 Å². The summed E-state index contributed by atoms with van der Waals surface area (Å²) in [5.74, 6) is 1.82. The molecule has 144 valence electrons. The number of guanidine groups is 1. The summed E-state index contributed by atoms with van der Waals surface area (Å²) in [6.07, 6.45) is 2.66. The predicted octanol–water partition coefficient (Wildman–Crippen LogP) is 2.91. The fourth-order valence-electron chi connectivity index (χ4n) is 2.67. The van der Waals surface area contributed by atoms with Crippen molar-refractivity contribution in [1.82, 2.24) is 25.4 Å². The summed E-state index contributed by atoms with van der Waals surface area (Å²) in [6.45, 7) is 11.1. The molecule has 0 saturated carbocycles. The molecule has 0 unspecified atom stereocenters. The van der Waals surface area contributed by atoms with Gasteiger partial charge >= 0.3 is 0 Å². The Hall–Kier alpha value is -1.64. The summed E-state index contributed by atoms with van der Waals surface area (Å²) >= 11 is 0. The molecule has 0 fully saturated rings. The highest BCUT2D eigenvalue weighted by atomic mass is 127. The smallest absolute Gasteiger partial charge is 0.191 e. The quantitative estimate of drug-likeness (QED) is 0.371. The van der Waals surface area contributed by atoms with E-state index in [9.17, 15) is 0 Å². The minimum atomic E-state index is 0. The molecule has 0 aliphatic rings. The molecule has 0 amide bonds. The van der Waals surface area contributed by atoms with Crippen LogP contribution < -0.4 is 10.6 Å². The van der Waals surface area contributed by atoms with E-state index in [1.54, 1.807) is 13.4 Å². The zero-order valence-electron chi connectivity index (χ0n) is 16.4. The van der Waals surface area contributed by atoms with Gasteiger partial charge in [0.2, 0.25) is 0 Å². The lowest BCUT2D eigenvalue weighted by atomic mass is 9.84. The number of benzene rings is 1. The molecule has 2 N–H and O–H groups in total. The van der Waals surface area contributed by atoms with Crippen molar-refractivity contribution in [3.63, 3.8) is 0 Å². The zero-order valence-corrected chi connectivity index (χ0v) is 18.7. The van der Waals surface area contributed by atoms with Crippen LogP contribution in [-0.2, 0) is 18.4 Å². The van der Waals surface area contributed by atoms with E-state index in [0.717, 1.165) is 37.8 Å². The van der Waals surface area contributed by atoms with E-state index in [-0.39, 0.29) is 29.4 Å². The highest BCUT2D eigenvalue weighted by Crippen LogP contribution is 2.22. The molecular formula is C19H31IN6. The van der Waals surface area contributed by atoms with Gasteiger partial charge in [0.15, 0.2) is 5.96 Å². The van der Waals surface area contributed by atoms with Crippen LogP contribution in [0.1, 0.15) is 37.7 Å². The molecule has 0 spiro atoms. The van der Waals surface area contributed by atoms with Gasteiger partial charge in [-0.1, -0.05) is 50.6 Å². The lowest BCUT2D eigenvalue weighted by molar-refractivity contribution is 0.507. The molecule has 1 aromatic carbocycles. The maximum Gasteiger partial charge on any atom is 0.191 e. The van der Waals surface area contributed by atoms with Gasteiger partial charge in [-0.3, -0.25) is 4.99 Å². The summed E-state index contributed by atoms with van der Waals surface area (Å²) in [5, 5.41) is 14.8. The first-order chi connectivity index (χ1) is 12.0. The second-order valence-electron chi connectivity index (χ2n) is 6.90. The highest BCUT2D eigenvalue weighted by Gasteiger charge is 2.20. The molecule has 2 aromatic rings. The monoisotopic (exact) mass is 470 g/mol. The molecule has 7 heteroatoms. The molecule has 26 heavy (non-hydrogen) atoms. The van der Waals surface area contributed by atoms with Crippen molar-refractivity contribution in [1.29, 1.82) is 0 Å². The van der Waals surface area contributed by atoms with Crippen LogP contribution >= 0.6 is 24.0 Å². The topological polar surface area (TPSA) is 67.1 Å². The zero-order chi connectivity index (χ0) is 18.3. The van der Waals surface area contributed by atoms with E-state index in [1.807, 2.05) is 0 Å². The number of nitrogens with one attached hydrogen (secondary N) is 2. The number of hydrogen-bond donors (Lipinski definition) is 2. The molecule has 1 heterocycles. The Morgan fingerprint density at radius 1 is 1.19 bits per heavy atom. The van der Waals surface area contributed by atoms with Gasteiger partial charge in [0.1, 0.15) is 12.2 Å². The molecule has 0 aliphatic heterocycles. The van der Waals surface area contributed by atoms with E-state index in [1.165, 1.54) is 11.1 Å². The van der Waals surface area contributed by atoms with Crippen molar-refractivity contribution in [2.24, 2.45) is 4.99 Å². The molecule has 0 saturated heterocycles. The van der Waals surface area contributed by atoms with Gasteiger partial charge in [-0.2, -0.15) is 0 Å². The van der Waals surface area contributed by atoms with Crippen LogP contribution in [0.2, 0.25) is 0 Å². The minimum Gasteiger partial charge on any atom is -0.356 e. The SMILES string of the molecule is CCc1nncn1CCNC(=NC)NCC(C)(C)c1ccc(C)cc1.I. The van der Waals surface area contributed by atoms with Gasteiger partial charge < -0.3 is 15.2 Å². The molecular weight excluding hydrogens is 439 g/mol. The molecule has 0 aliphatic carbocycles. The van der Waals surface area contributed by atoms with Crippen LogP contribution in [0.4, 0.5) is 0 Å². The first kappa shape index (κ1) is 22.4. The first-order valence-electron chi connectivity index (χ1n) is 8.84. The lowest BCUT2D eigenvalue weighted by Crippen LogP contribution is -2.44. The summed E-state index contributed by atoms with van der Waals surface area (Å²) < 4.78 is 2.07. The Labute approximate surface area is 173 Å². The maximum atomic E-state index is 4.31. The van der Waals surface area contributed by atoms with Crippen LogP contribution in [0.5, 0.6) is 0 Å². The van der Waals surface area contributed by atoms with Crippen LogP contribution in [-0.4, -0.2) is 40.9 Å². The Morgan fingerprint density at radius 2 is 1.88 bits per heavy atom. The highest BCUT2D eigenvalue weighted by molar-refractivity contribution is 14.0. The number of aryl methyl sites for hydroxylation is 2. The molecule has 2 rings (SSSR count). The Bertz CT molecular complexity index is 690. The van der Waals surface area contributed by atoms with Gasteiger partial charge in [-0.05, 0) is 12.5 Å². The largest absolute Gasteiger partial charge is 0.356 e. The first-order valence-corrected chi connectivity index (χ1v) is 8.84. The standard InChI is InChI=1S/C19H30N6.HI/c1-6-17-24-23-14-25(17)12-11-21-18(20-5)22-13-19(3,4)16-9-7-15(2)8-10-16;/h7-10,14H,6,11-13H2,1-5H3,(H2,20,21,22);1H. The summed E-state index contributed by atoms with van der Waals surface area (Å²) in [7, 11) is 1.80. The maximum absolute atomic E-state index is 4.31. The van der Waals surface area contributed by atoms with Gasteiger partial charge in [-0.15, -0.1) is 34.2 Å². The van der Waals surface area contributed by atoms with Crippen LogP contribution in [0.15, 0.2) is 35.6 Å². The molecule has 0 atom stereocenters. The third kappa shape index (κ3) is 6.26. The summed E-state index contributed by atoms with van der Waals surface area (Å²) in [4.78, 5) is 4.31. The second-order valence-corrected chi connectivity index (χ2v) is 6.90. The summed E-state index contributed by atoms with van der Waals surface area (Å²) in [5.41, 5.74) is 2.62. The fourth-order valence-corrected chi connectivity index (χ4v) is 2.67. The Balaban J connectivity index is 0.00000338. The van der Waals surface area contributed by atoms with Gasteiger partial charge in [0, 0.05) is 38.5 Å². The van der Waals surface area contributed by atoms with E-state index in [2.05, 4.69) is 82.4 Å². The third-order valence-corrected chi connectivity index (χ3v) is 4.41. The number of hydrogen-bond acceptors (Lipinski definition) is 3. The van der Waals surface area contributed by atoms with Crippen LogP contribution in [0, 0.1) is 6.92 Å². The van der Waals surface area contributed by atoms with Crippen LogP contribution in [0.25, 0.3) is 0 Å². The van der Waals surface area contributed by atoms with Gasteiger partial charge in [0.25, 0.3) is 0 Å². The van der Waals surface area contributed by atoms with Gasteiger partial charge in [0.05, 0.1) is 0 Å². The molecule has 1 aromatic heterocycles. The number of aliphatic imine (C=N–C) groups is 1. The Kier molecular flexibility index (Phi) is 9.04. The second kappa shape index (κ2) is 10.5. The van der Waals surface area contributed by atoms with Crippen molar-refractivity contribution in [2.75, 3.05) is 20.1 Å². The van der Waals surface area contributed by atoms with Crippen molar-refractivity contribution >= 4 is 29.9 Å². The molecule has 6 nitrogen and oxygen atoms in total. The van der Waals surface area contributed by atoms with E-state index in [0.29, 0.717) is 0 Å². The molecule has 0 radical (unpaired) electrons. The molecule has 0 bridgehead atoms. The van der Waals surface area contributed by atoms with Gasteiger partial charge in [-0.25, -0.2) is 0 Å². The van der Waals surface area contributed by atoms with Crippen molar-refractivity contribution in [3.8, 4) is 0 Å². The van der Waals surface area contributed by atoms with E-state index in [4.69, 9.17) is 0 Å². The normalized spacial score (nSPS) is 11.8. The third-order valence-electron chi connectivity index (χ3n) is 4.41. The number of nitrogens with zero attached hydrogens (tertiary/aromatic N) is 4. The van der Waals surface area contributed by atoms with E-state index >= 15 is 0 Å². The number of halogens is 1. The number of rotatable bonds is 7. The minimum absolute atomic E-state index is 0. The average Bonchev–Trinajstić information content (AvgIpc) is 3.05.